The molecule has 0 radical (unpaired) electrons. The largest absolute Gasteiger partial charge is 0.481 e. The summed E-state index contributed by atoms with van der Waals surface area (Å²) < 4.78 is 0. The van der Waals surface area contributed by atoms with Crippen molar-refractivity contribution in [1.82, 2.24) is 95.7 Å². The van der Waals surface area contributed by atoms with Crippen LogP contribution in [-0.4, -0.2) is 298 Å². The summed E-state index contributed by atoms with van der Waals surface area (Å²) in [6, 6.07) is -25.2. The fourth-order valence-corrected chi connectivity index (χ4v) is 14.6. The van der Waals surface area contributed by atoms with Crippen LogP contribution < -0.4 is 130 Å². The number of nitrogens with two attached hydrogens (primary N) is 6. The number of primary amides is 2. The highest BCUT2D eigenvalue weighted by Gasteiger charge is 2.42. The summed E-state index contributed by atoms with van der Waals surface area (Å²) in [5.74, 6) is -29.4. The van der Waals surface area contributed by atoms with Crippen LogP contribution in [0, 0.1) is 40.9 Å². The average molecular weight is 2070 g/mol. The van der Waals surface area contributed by atoms with Crippen LogP contribution in [0.1, 0.15) is 257 Å². The van der Waals surface area contributed by atoms with Crippen LogP contribution in [0.5, 0.6) is 0 Å². The van der Waals surface area contributed by atoms with Crippen LogP contribution >= 0.6 is 12.6 Å². The Bertz CT molecular complexity index is 4270. The van der Waals surface area contributed by atoms with Gasteiger partial charge in [-0.2, -0.15) is 12.6 Å². The van der Waals surface area contributed by atoms with Crippen LogP contribution in [0.2, 0.25) is 0 Å². The second kappa shape index (κ2) is 70.9. The fraction of sp³-hybridized carbons (Fsp3) is 0.736. The van der Waals surface area contributed by atoms with Crippen LogP contribution in [0.25, 0.3) is 0 Å². The highest BCUT2D eigenvalue weighted by atomic mass is 32.1. The van der Waals surface area contributed by atoms with Gasteiger partial charge in [0.1, 0.15) is 96.7 Å². The molecule has 19 amide bonds. The van der Waals surface area contributed by atoms with E-state index in [1.54, 1.807) is 83.1 Å². The van der Waals surface area contributed by atoms with Crippen molar-refractivity contribution in [2.75, 3.05) is 38.5 Å². The van der Waals surface area contributed by atoms with Crippen LogP contribution in [0.15, 0.2) is 0 Å². The third kappa shape index (κ3) is 52.0. The monoisotopic (exact) mass is 2070 g/mol. The second-order valence-electron chi connectivity index (χ2n) is 36.5. The van der Waals surface area contributed by atoms with E-state index in [4.69, 9.17) is 39.8 Å². The van der Waals surface area contributed by atoms with Crippen LogP contribution in [0.3, 0.4) is 0 Å². The fourth-order valence-electron chi connectivity index (χ4n) is 14.4. The summed E-state index contributed by atoms with van der Waals surface area (Å²) in [6.07, 6.45) is -3.81. The third-order valence-electron chi connectivity index (χ3n) is 24.1. The molecule has 0 spiro atoms. The minimum atomic E-state index is -2.15. The molecule has 0 bridgehead atoms. The molecule has 0 aliphatic carbocycles. The summed E-state index contributed by atoms with van der Waals surface area (Å²) >= 11 is 3.94. The van der Waals surface area contributed by atoms with E-state index in [2.05, 4.69) is 108 Å². The molecule has 0 saturated carbocycles. The zero-order chi connectivity index (χ0) is 110. The van der Waals surface area contributed by atoms with Gasteiger partial charge in [0.2, 0.25) is 112 Å². The summed E-state index contributed by atoms with van der Waals surface area (Å²) in [7, 11) is 0. The number of aliphatic carboxylic acids is 4. The molecule has 144 heavy (non-hydrogen) atoms. The first-order valence-corrected chi connectivity index (χ1v) is 49.7. The van der Waals surface area contributed by atoms with Crippen molar-refractivity contribution < 1.29 is 131 Å². The zero-order valence-electron chi connectivity index (χ0n) is 84.9. The number of rotatable bonds is 77. The molecular weight excluding hydrogens is 1910 g/mol. The molecule has 0 saturated heterocycles. The van der Waals surface area contributed by atoms with Gasteiger partial charge in [0.15, 0.2) is 5.96 Å². The molecule has 0 aromatic rings. The molecule has 52 nitrogen and oxygen atoms in total. The summed E-state index contributed by atoms with van der Waals surface area (Å²) in [4.78, 5) is 314. The predicted octanol–water partition coefficient (Wildman–Crippen LogP) is -5.44. The van der Waals surface area contributed by atoms with Gasteiger partial charge in [-0.05, 0) is 164 Å². The minimum absolute atomic E-state index is 0.00156. The van der Waals surface area contributed by atoms with Crippen molar-refractivity contribution in [3.05, 3.63) is 0 Å². The maximum atomic E-state index is 14.9. The van der Waals surface area contributed by atoms with E-state index in [1.165, 1.54) is 6.92 Å². The van der Waals surface area contributed by atoms with Gasteiger partial charge in [-0.1, -0.05) is 115 Å². The normalized spacial score (nSPS) is 15.5. The number of thiol groups is 1. The molecule has 35 N–H and O–H groups in total. The van der Waals surface area contributed by atoms with Crippen molar-refractivity contribution in [3.8, 4) is 0 Å². The topological polar surface area (TPSA) is 870 Å². The number of carbonyl (C=O) groups is 23. The van der Waals surface area contributed by atoms with Gasteiger partial charge in [0.25, 0.3) is 0 Å². The Kier molecular flexibility index (Phi) is 64.6. The number of unbranched alkanes of at least 4 members (excludes halogenated alkanes) is 3. The predicted molar refractivity (Wildman–Crippen MR) is 529 cm³/mol. The van der Waals surface area contributed by atoms with Crippen molar-refractivity contribution in [3.63, 3.8) is 0 Å². The average Bonchev–Trinajstić information content (AvgIpc) is 0.839. The molecule has 0 rings (SSSR count). The summed E-state index contributed by atoms with van der Waals surface area (Å²) in [6.45, 7) is 20.8. The van der Waals surface area contributed by atoms with E-state index in [0.29, 0.717) is 25.7 Å². The van der Waals surface area contributed by atoms with Gasteiger partial charge in [-0.3, -0.25) is 111 Å². The molecule has 0 aliphatic heterocycles. The van der Waals surface area contributed by atoms with E-state index >= 15 is 0 Å². The number of hydrogen-bond donors (Lipinski definition) is 30. The highest BCUT2D eigenvalue weighted by Crippen LogP contribution is 2.20. The lowest BCUT2D eigenvalue weighted by Crippen LogP contribution is -2.62. The van der Waals surface area contributed by atoms with Crippen LogP contribution in [-0.2, 0) is 110 Å². The molecule has 818 valence electrons. The van der Waals surface area contributed by atoms with E-state index in [1.807, 2.05) is 0 Å². The summed E-state index contributed by atoms with van der Waals surface area (Å²) in [5, 5.41) is 91.9. The SMILES string of the molecule is CC[C@H](C)[C@H](NC(=O)[C@H](CCCCN)NC(=O)[C@H](CC(C)C)NC(=O)[C@H](C)NC(=O)[C@H](CCCNC(=N)N)NC(=O)[C@H](CCCCN)NC(=O)[C@@H](NC(=O)[C@@H](NC(=O)[C@H](CCC(=O)O)NC(=O)[C@@H](NC(=O)CNC(=O)[C@@H](NC(=O)[C@H](CCCCN)NC(=O)[C@H](CCC(N)=O)NC(=O)[C@H](CC(=O)O)NC(=O)[C@H](CCC(=O)O)NC(=O)[C@H](CC(N)=O)NC(=O)CCS)[C@@H](C)CC)[C@@H](C)CC)[C@@H](C)CC)[C@@H](C)CC)C(=O)O. The number of carbonyl (C=O) groups excluding carboxylic acids is 19. The molecule has 0 aromatic carbocycles. The maximum absolute atomic E-state index is 14.9. The molecule has 0 aromatic heterocycles. The number of carboxylic acid groups (broad SMARTS) is 4. The number of amides is 19. The Morgan fingerprint density at radius 2 is 0.583 bits per heavy atom. The van der Waals surface area contributed by atoms with Crippen molar-refractivity contribution in [2.45, 2.75) is 354 Å². The Balaban J connectivity index is 7.33. The quantitative estimate of drug-likeness (QED) is 0.0117. The van der Waals surface area contributed by atoms with Gasteiger partial charge in [0, 0.05) is 32.2 Å². The first-order chi connectivity index (χ1) is 67.7. The number of hydrogen-bond acceptors (Lipinski definition) is 28. The Morgan fingerprint density at radius 3 is 0.931 bits per heavy atom. The van der Waals surface area contributed by atoms with E-state index in [0.717, 1.165) is 0 Å². The highest BCUT2D eigenvalue weighted by molar-refractivity contribution is 7.80. The minimum Gasteiger partial charge on any atom is -0.481 e. The molecular formula is C91H161N25O27S. The Morgan fingerprint density at radius 1 is 0.285 bits per heavy atom. The van der Waals surface area contributed by atoms with E-state index in [9.17, 15) is 131 Å². The van der Waals surface area contributed by atoms with Gasteiger partial charge >= 0.3 is 23.9 Å². The zero-order valence-corrected chi connectivity index (χ0v) is 85.8. The van der Waals surface area contributed by atoms with Gasteiger partial charge < -0.3 is 151 Å². The molecule has 0 heterocycles. The smallest absolute Gasteiger partial charge is 0.326 e. The van der Waals surface area contributed by atoms with Crippen molar-refractivity contribution >= 4 is 155 Å². The van der Waals surface area contributed by atoms with Crippen LogP contribution in [0.4, 0.5) is 0 Å². The number of carboxylic acids is 4. The maximum Gasteiger partial charge on any atom is 0.326 e. The van der Waals surface area contributed by atoms with Gasteiger partial charge in [0.05, 0.1) is 19.4 Å². The molecule has 53 heteroatoms. The molecule has 0 fully saturated rings. The lowest BCUT2D eigenvalue weighted by atomic mass is 9.94. The van der Waals surface area contributed by atoms with E-state index in [-0.39, 0.29) is 128 Å². The third-order valence-corrected chi connectivity index (χ3v) is 24.3. The lowest BCUT2D eigenvalue weighted by Gasteiger charge is -2.31. The standard InChI is InChI=1S/C91H161N25O27S/c1-14-47(8)70(113-80(132)54(27-20-23-38-93)103-78(130)57(30-33-63(95)117)106-85(137)62(44-69(125)126)111-79(131)58(31-34-67(121)122)107-84(136)61(43-64(96)118)102-65(119)36-41-144)86(138)100-45-66(120)112-71(48(9)15-2)87(139)109-59(32-35-68(123)124)82(134)114-73(50(11)17-4)89(141)115-72(49(10)16-3)88(140)108-53(26-19-22-37-92)77(129)104-56(29-25-40-99-91(97)98)76(128)101-52(13)75(127)110-60(42-46(6)7)83(135)105-55(28-21-24-39-94)81(133)116-74(90(142)143)51(12)18-5/h46-62,70-74,144H,14-45,92-94H2,1-13H3,(H2,95,117)(H2,96,118)(H,100,138)(H,101,128)(H,102,119)(H,103,130)(H,104,129)(H,105,135)(H,106,137)(H,107,136)(H,108,140)(H,109,139)(H,110,127)(H,111,131)(H,112,120)(H,113,132)(H,114,134)(H,115,141)(H,116,133)(H,121,122)(H,123,124)(H,125,126)(H,142,143)(H4,97,98,99)/t47-,48-,49-,50-,51-,52-,53-,54-,55-,56-,57-,58-,59-,60-,61-,62-,70-,71-,72-,73-,74-/m0/s1. The molecule has 0 aliphatic rings. The Hall–Kier alpha value is -12.7. The number of guanidine groups is 1. The van der Waals surface area contributed by atoms with E-state index < -0.39 is 326 Å². The second-order valence-corrected chi connectivity index (χ2v) is 36.9. The van der Waals surface area contributed by atoms with Gasteiger partial charge in [-0.25, -0.2) is 4.79 Å². The molecule has 0 unspecified atom stereocenters. The lowest BCUT2D eigenvalue weighted by molar-refractivity contribution is -0.144. The summed E-state index contributed by atoms with van der Waals surface area (Å²) in [5.41, 5.74) is 33.6. The Labute approximate surface area is 844 Å². The molecule has 21 atom stereocenters. The van der Waals surface area contributed by atoms with Crippen molar-refractivity contribution in [1.29, 1.82) is 5.41 Å². The van der Waals surface area contributed by atoms with Crippen molar-refractivity contribution in [2.24, 2.45) is 69.9 Å². The van der Waals surface area contributed by atoms with Gasteiger partial charge in [-0.15, -0.1) is 0 Å². The number of nitrogens with one attached hydrogen (secondary N) is 19. The first-order valence-electron chi connectivity index (χ1n) is 49.0. The first kappa shape index (κ1) is 131.